The Bertz CT molecular complexity index is 594. The first kappa shape index (κ1) is 29.1. The smallest absolute Gasteiger partial charge is 0.328 e. The number of thioether (sulfide) groups is 1. The van der Waals surface area contributed by atoms with Crippen LogP contribution < -0.4 is 27.4 Å². The Hall–Kier alpha value is -1.93. The van der Waals surface area contributed by atoms with Gasteiger partial charge in [0.1, 0.15) is 18.1 Å². The average molecular weight is 466 g/mol. The van der Waals surface area contributed by atoms with Gasteiger partial charge in [0.05, 0.1) is 12.7 Å². The molecule has 0 rings (SSSR count). The van der Waals surface area contributed by atoms with Gasteiger partial charge in [-0.1, -0.05) is 0 Å². The molecule has 0 heterocycles. The Balaban J connectivity index is 5.38. The summed E-state index contributed by atoms with van der Waals surface area (Å²) in [5.41, 5.74) is 11.0. The Morgan fingerprint density at radius 2 is 1.52 bits per heavy atom. The lowest BCUT2D eigenvalue weighted by Gasteiger charge is -2.25. The van der Waals surface area contributed by atoms with Gasteiger partial charge in [0.15, 0.2) is 6.04 Å². The van der Waals surface area contributed by atoms with Gasteiger partial charge in [0.25, 0.3) is 0 Å². The topological polar surface area (TPSA) is 217 Å². The second-order valence-corrected chi connectivity index (χ2v) is 8.03. The lowest BCUT2D eigenvalue weighted by atomic mass is 10.1. The number of hydrogen-bond acceptors (Lipinski definition) is 9. The molecule has 0 spiro atoms. The van der Waals surface area contributed by atoms with Crippen LogP contribution in [0.5, 0.6) is 0 Å². The lowest BCUT2D eigenvalue weighted by molar-refractivity contribution is -0.145. The monoisotopic (exact) mass is 465 g/mol. The molecule has 180 valence electrons. The fourth-order valence-electron chi connectivity index (χ4n) is 2.54. The van der Waals surface area contributed by atoms with E-state index in [1.165, 1.54) is 18.7 Å². The minimum atomic E-state index is -1.54. The summed E-state index contributed by atoms with van der Waals surface area (Å²) in [5, 5.41) is 35.0. The first-order valence-corrected chi connectivity index (χ1v) is 11.4. The summed E-state index contributed by atoms with van der Waals surface area (Å²) in [6, 6.07) is -4.85. The third kappa shape index (κ3) is 11.3. The molecule has 0 radical (unpaired) electrons. The molecule has 5 atom stereocenters. The largest absolute Gasteiger partial charge is 0.480 e. The van der Waals surface area contributed by atoms with Crippen molar-refractivity contribution in [3.05, 3.63) is 0 Å². The van der Waals surface area contributed by atoms with Crippen molar-refractivity contribution in [2.24, 2.45) is 11.5 Å². The van der Waals surface area contributed by atoms with Gasteiger partial charge in [-0.3, -0.25) is 14.4 Å². The van der Waals surface area contributed by atoms with Crippen LogP contribution >= 0.6 is 11.8 Å². The maximum absolute atomic E-state index is 12.8. The number of nitrogens with one attached hydrogen (secondary N) is 3. The normalized spacial score (nSPS) is 15.8. The minimum absolute atomic E-state index is 0.199. The number of nitrogens with two attached hydrogens (primary N) is 2. The maximum Gasteiger partial charge on any atom is 0.328 e. The van der Waals surface area contributed by atoms with Crippen LogP contribution in [0.3, 0.4) is 0 Å². The highest BCUT2D eigenvalue weighted by atomic mass is 32.2. The second-order valence-electron chi connectivity index (χ2n) is 7.04. The molecule has 0 aliphatic heterocycles. The predicted octanol–water partition coefficient (Wildman–Crippen LogP) is -2.89. The summed E-state index contributed by atoms with van der Waals surface area (Å²) in [5.74, 6) is -3.07. The van der Waals surface area contributed by atoms with Crippen molar-refractivity contribution in [1.82, 2.24) is 16.0 Å². The van der Waals surface area contributed by atoms with Crippen LogP contribution in [-0.4, -0.2) is 94.4 Å². The molecule has 0 aliphatic carbocycles. The molecular formula is C18H35N5O7S. The Morgan fingerprint density at radius 1 is 0.968 bits per heavy atom. The molecule has 0 aromatic rings. The summed E-state index contributed by atoms with van der Waals surface area (Å²) in [6.07, 6.45) is 2.02. The van der Waals surface area contributed by atoms with Crippen molar-refractivity contribution in [3.8, 4) is 0 Å². The van der Waals surface area contributed by atoms with E-state index in [4.69, 9.17) is 21.7 Å². The third-order valence-corrected chi connectivity index (χ3v) is 5.05. The van der Waals surface area contributed by atoms with E-state index in [1.54, 1.807) is 6.26 Å². The van der Waals surface area contributed by atoms with E-state index in [-0.39, 0.29) is 12.8 Å². The highest BCUT2D eigenvalue weighted by Gasteiger charge is 2.31. The number of aliphatic hydroxyl groups excluding tert-OH is 2. The van der Waals surface area contributed by atoms with E-state index in [2.05, 4.69) is 16.0 Å². The fourth-order valence-corrected chi connectivity index (χ4v) is 3.01. The van der Waals surface area contributed by atoms with Crippen LogP contribution in [-0.2, 0) is 19.2 Å². The summed E-state index contributed by atoms with van der Waals surface area (Å²) < 4.78 is 0. The van der Waals surface area contributed by atoms with E-state index in [1.807, 2.05) is 0 Å². The number of aliphatic carboxylic acids is 1. The molecule has 13 heteroatoms. The van der Waals surface area contributed by atoms with Crippen LogP contribution in [0, 0.1) is 0 Å². The Morgan fingerprint density at radius 3 is 2.00 bits per heavy atom. The SMILES string of the molecule is CSCCC(NC(=O)C(CCCCN)NC(=O)C(N)CO)C(=O)NC(C(=O)O)C(C)O. The molecule has 0 saturated heterocycles. The molecular weight excluding hydrogens is 430 g/mol. The molecule has 10 N–H and O–H groups in total. The summed E-state index contributed by atoms with van der Waals surface area (Å²) in [6.45, 7) is 1.02. The second kappa shape index (κ2) is 15.8. The van der Waals surface area contributed by atoms with Crippen LogP contribution in [0.25, 0.3) is 0 Å². The molecule has 0 bridgehead atoms. The van der Waals surface area contributed by atoms with Crippen molar-refractivity contribution in [1.29, 1.82) is 0 Å². The average Bonchev–Trinajstić information content (AvgIpc) is 2.72. The van der Waals surface area contributed by atoms with Crippen LogP contribution in [0.2, 0.25) is 0 Å². The van der Waals surface area contributed by atoms with E-state index in [9.17, 15) is 24.3 Å². The predicted molar refractivity (Wildman–Crippen MR) is 116 cm³/mol. The van der Waals surface area contributed by atoms with Gasteiger partial charge < -0.3 is 42.7 Å². The third-order valence-electron chi connectivity index (χ3n) is 4.40. The van der Waals surface area contributed by atoms with Gasteiger partial charge in [-0.2, -0.15) is 11.8 Å². The molecule has 31 heavy (non-hydrogen) atoms. The van der Waals surface area contributed by atoms with Crippen molar-refractivity contribution < 1.29 is 34.5 Å². The van der Waals surface area contributed by atoms with Crippen LogP contribution in [0.15, 0.2) is 0 Å². The van der Waals surface area contributed by atoms with E-state index >= 15 is 0 Å². The number of carbonyl (C=O) groups excluding carboxylic acids is 3. The molecule has 0 aromatic heterocycles. The molecule has 5 unspecified atom stereocenters. The van der Waals surface area contributed by atoms with Crippen molar-refractivity contribution in [2.45, 2.75) is 62.9 Å². The zero-order valence-electron chi connectivity index (χ0n) is 17.9. The van der Waals surface area contributed by atoms with Gasteiger partial charge >= 0.3 is 5.97 Å². The quantitative estimate of drug-likeness (QED) is 0.109. The summed E-state index contributed by atoms with van der Waals surface area (Å²) in [4.78, 5) is 48.7. The zero-order valence-corrected chi connectivity index (χ0v) is 18.7. The van der Waals surface area contributed by atoms with Gasteiger partial charge in [-0.05, 0) is 51.2 Å². The van der Waals surface area contributed by atoms with Gasteiger partial charge in [0, 0.05) is 0 Å². The lowest BCUT2D eigenvalue weighted by Crippen LogP contribution is -2.58. The number of rotatable bonds is 16. The number of carboxylic acids is 1. The maximum atomic E-state index is 12.8. The first-order chi connectivity index (χ1) is 14.6. The standard InChI is InChI=1S/C18H35N5O7S/c1-10(25)14(18(29)30)23-17(28)13(6-8-31-2)22-16(27)12(5-3-4-7-19)21-15(26)11(20)9-24/h10-14,24-25H,3-9,19-20H2,1-2H3,(H,21,26)(H,22,27)(H,23,28)(H,29,30). The summed E-state index contributed by atoms with van der Waals surface area (Å²) >= 11 is 1.42. The number of unbranched alkanes of at least 4 members (excludes halogenated alkanes) is 1. The molecule has 3 amide bonds. The van der Waals surface area contributed by atoms with E-state index < -0.39 is 60.6 Å². The van der Waals surface area contributed by atoms with Crippen molar-refractivity contribution >= 4 is 35.5 Å². The van der Waals surface area contributed by atoms with Crippen molar-refractivity contribution in [3.63, 3.8) is 0 Å². The number of amides is 3. The minimum Gasteiger partial charge on any atom is -0.480 e. The van der Waals surface area contributed by atoms with Crippen LogP contribution in [0.1, 0.15) is 32.6 Å². The van der Waals surface area contributed by atoms with Gasteiger partial charge in [-0.15, -0.1) is 0 Å². The zero-order chi connectivity index (χ0) is 24.0. The number of hydrogen-bond donors (Lipinski definition) is 8. The van der Waals surface area contributed by atoms with Crippen LogP contribution in [0.4, 0.5) is 0 Å². The highest BCUT2D eigenvalue weighted by Crippen LogP contribution is 2.06. The summed E-state index contributed by atoms with van der Waals surface area (Å²) in [7, 11) is 0. The molecule has 0 saturated carbocycles. The number of carboxylic acid groups (broad SMARTS) is 1. The van der Waals surface area contributed by atoms with Gasteiger partial charge in [0.2, 0.25) is 17.7 Å². The molecule has 12 nitrogen and oxygen atoms in total. The van der Waals surface area contributed by atoms with E-state index in [0.29, 0.717) is 25.1 Å². The Labute approximate surface area is 185 Å². The number of carbonyl (C=O) groups is 4. The molecule has 0 fully saturated rings. The highest BCUT2D eigenvalue weighted by molar-refractivity contribution is 7.98. The molecule has 0 aliphatic rings. The van der Waals surface area contributed by atoms with E-state index in [0.717, 1.165) is 0 Å². The molecule has 0 aromatic carbocycles. The first-order valence-electron chi connectivity index (χ1n) is 9.96. The van der Waals surface area contributed by atoms with Gasteiger partial charge in [-0.25, -0.2) is 4.79 Å². The number of aliphatic hydroxyl groups is 2. The Kier molecular flexibility index (Phi) is 14.8. The van der Waals surface area contributed by atoms with Crippen molar-refractivity contribution in [2.75, 3.05) is 25.2 Å². The fraction of sp³-hybridized carbons (Fsp3) is 0.778.